The first-order valence-electron chi connectivity index (χ1n) is 8.83. The molecule has 132 valence electrons. The number of carbonyl (C=O) groups excluding carboxylic acids is 1. The van der Waals surface area contributed by atoms with E-state index in [0.717, 1.165) is 43.1 Å². The van der Waals surface area contributed by atoms with Crippen LogP contribution in [0, 0.1) is 0 Å². The molecule has 0 radical (unpaired) electrons. The van der Waals surface area contributed by atoms with Crippen molar-refractivity contribution in [3.63, 3.8) is 0 Å². The first-order valence-corrected chi connectivity index (χ1v) is 8.83. The van der Waals surface area contributed by atoms with Crippen LogP contribution in [0.4, 0.5) is 0 Å². The number of aromatic nitrogens is 2. The number of hydrogen-bond donors (Lipinski definition) is 0. The number of ketones is 1. The van der Waals surface area contributed by atoms with Crippen molar-refractivity contribution in [1.82, 2.24) is 14.7 Å². The number of likely N-dealkylation sites (tertiary alicyclic amines) is 1. The Labute approximate surface area is 148 Å². The molecule has 1 aromatic carbocycles. The molecule has 5 nitrogen and oxygen atoms in total. The van der Waals surface area contributed by atoms with Gasteiger partial charge in [-0.3, -0.25) is 14.4 Å². The van der Waals surface area contributed by atoms with Crippen molar-refractivity contribution in [2.75, 3.05) is 20.2 Å². The summed E-state index contributed by atoms with van der Waals surface area (Å²) in [6.45, 7) is 5.93. The van der Waals surface area contributed by atoms with Crippen molar-refractivity contribution in [2.24, 2.45) is 0 Å². The maximum atomic E-state index is 12.3. The van der Waals surface area contributed by atoms with Gasteiger partial charge in [0.05, 0.1) is 18.9 Å². The van der Waals surface area contributed by atoms with Crippen molar-refractivity contribution in [2.45, 2.75) is 32.9 Å². The van der Waals surface area contributed by atoms with Crippen LogP contribution in [0.1, 0.15) is 41.3 Å². The second-order valence-electron chi connectivity index (χ2n) is 6.34. The van der Waals surface area contributed by atoms with Crippen molar-refractivity contribution >= 4 is 11.9 Å². The minimum atomic E-state index is -0.0309. The molecule has 0 saturated carbocycles. The number of benzene rings is 1. The summed E-state index contributed by atoms with van der Waals surface area (Å²) in [5.74, 6) is 0.871. The predicted molar refractivity (Wildman–Crippen MR) is 98.8 cm³/mol. The molecule has 2 heterocycles. The summed E-state index contributed by atoms with van der Waals surface area (Å²) in [5.41, 5.74) is 2.79. The summed E-state index contributed by atoms with van der Waals surface area (Å²) in [7, 11) is 1.70. The summed E-state index contributed by atoms with van der Waals surface area (Å²) in [6.07, 6.45) is 9.39. The Morgan fingerprint density at radius 3 is 2.80 bits per heavy atom. The van der Waals surface area contributed by atoms with Gasteiger partial charge in [-0.25, -0.2) is 0 Å². The van der Waals surface area contributed by atoms with E-state index in [4.69, 9.17) is 4.74 Å². The zero-order chi connectivity index (χ0) is 17.6. The van der Waals surface area contributed by atoms with Gasteiger partial charge in [-0.1, -0.05) is 12.1 Å². The third kappa shape index (κ3) is 4.37. The van der Waals surface area contributed by atoms with Gasteiger partial charge in [0.15, 0.2) is 5.78 Å². The molecule has 1 saturated heterocycles. The number of hydrogen-bond acceptors (Lipinski definition) is 4. The van der Waals surface area contributed by atoms with E-state index in [0.29, 0.717) is 5.56 Å². The van der Waals surface area contributed by atoms with Gasteiger partial charge in [0, 0.05) is 24.8 Å². The molecule has 1 aliphatic rings. The van der Waals surface area contributed by atoms with E-state index in [2.05, 4.69) is 16.1 Å². The first kappa shape index (κ1) is 17.4. The molecule has 0 atom stereocenters. The van der Waals surface area contributed by atoms with Crippen molar-refractivity contribution in [1.29, 1.82) is 0 Å². The van der Waals surface area contributed by atoms with E-state index in [1.54, 1.807) is 30.3 Å². The second-order valence-corrected chi connectivity index (χ2v) is 6.34. The number of rotatable bonds is 7. The van der Waals surface area contributed by atoms with Gasteiger partial charge in [-0.15, -0.1) is 0 Å². The molecule has 5 heteroatoms. The third-order valence-electron chi connectivity index (χ3n) is 4.57. The van der Waals surface area contributed by atoms with E-state index in [1.807, 2.05) is 25.1 Å². The highest BCUT2D eigenvalue weighted by Crippen LogP contribution is 2.24. The number of ether oxygens (including phenoxy) is 1. The number of carbonyl (C=O) groups is 1. The lowest BCUT2D eigenvalue weighted by Gasteiger charge is -2.17. The Morgan fingerprint density at radius 1 is 1.32 bits per heavy atom. The fraction of sp³-hybridized carbons (Fsp3) is 0.400. The average Bonchev–Trinajstić information content (AvgIpc) is 3.31. The first-order chi connectivity index (χ1) is 12.2. The monoisotopic (exact) mass is 339 g/mol. The van der Waals surface area contributed by atoms with Crippen LogP contribution in [-0.4, -0.2) is 40.7 Å². The highest BCUT2D eigenvalue weighted by molar-refractivity contribution is 6.06. The number of nitrogens with zero attached hydrogens (tertiary/aromatic N) is 3. The highest BCUT2D eigenvalue weighted by Gasteiger charge is 2.14. The quantitative estimate of drug-likeness (QED) is 0.573. The Morgan fingerprint density at radius 2 is 2.12 bits per heavy atom. The normalized spacial score (nSPS) is 15.1. The molecule has 3 rings (SSSR count). The van der Waals surface area contributed by atoms with Crippen molar-refractivity contribution in [3.8, 4) is 5.75 Å². The number of allylic oxidation sites excluding steroid dienone is 1. The maximum absolute atomic E-state index is 12.3. The molecule has 1 aromatic heterocycles. The molecule has 2 aromatic rings. The van der Waals surface area contributed by atoms with Gasteiger partial charge in [-0.05, 0) is 56.6 Å². The van der Waals surface area contributed by atoms with Gasteiger partial charge < -0.3 is 4.74 Å². The molecule has 1 aliphatic heterocycles. The van der Waals surface area contributed by atoms with Crippen LogP contribution in [0.5, 0.6) is 5.75 Å². The minimum absolute atomic E-state index is 0.0309. The molecule has 25 heavy (non-hydrogen) atoms. The van der Waals surface area contributed by atoms with E-state index in [9.17, 15) is 4.79 Å². The minimum Gasteiger partial charge on any atom is -0.496 e. The molecule has 0 amide bonds. The van der Waals surface area contributed by atoms with Crippen LogP contribution >= 0.6 is 0 Å². The smallest absolute Gasteiger partial charge is 0.189 e. The van der Waals surface area contributed by atoms with Gasteiger partial charge in [0.2, 0.25) is 0 Å². The van der Waals surface area contributed by atoms with Crippen molar-refractivity contribution < 1.29 is 9.53 Å². The summed E-state index contributed by atoms with van der Waals surface area (Å²) in [6, 6.07) is 6.06. The van der Waals surface area contributed by atoms with E-state index in [-0.39, 0.29) is 5.78 Å². The largest absolute Gasteiger partial charge is 0.496 e. The molecule has 0 aliphatic carbocycles. The van der Waals surface area contributed by atoms with Crippen molar-refractivity contribution in [3.05, 3.63) is 53.4 Å². The molecule has 1 fully saturated rings. The van der Waals surface area contributed by atoms with Gasteiger partial charge >= 0.3 is 0 Å². The van der Waals surface area contributed by atoms with Gasteiger partial charge in [-0.2, -0.15) is 5.10 Å². The molecular formula is C20H25N3O2. The van der Waals surface area contributed by atoms with Gasteiger partial charge in [0.1, 0.15) is 5.75 Å². The summed E-state index contributed by atoms with van der Waals surface area (Å²) < 4.78 is 7.24. The van der Waals surface area contributed by atoms with E-state index in [1.165, 1.54) is 12.8 Å². The molecular weight excluding hydrogens is 314 g/mol. The molecule has 0 unspecified atom stereocenters. The van der Waals surface area contributed by atoms with Crippen LogP contribution in [0.3, 0.4) is 0 Å². The van der Waals surface area contributed by atoms with Crippen LogP contribution in [-0.2, 0) is 13.1 Å². The fourth-order valence-electron chi connectivity index (χ4n) is 3.14. The van der Waals surface area contributed by atoms with E-state index >= 15 is 0 Å². The van der Waals surface area contributed by atoms with Crippen LogP contribution in [0.25, 0.3) is 6.08 Å². The fourth-order valence-corrected chi connectivity index (χ4v) is 3.14. The highest BCUT2D eigenvalue weighted by atomic mass is 16.5. The standard InChI is InChI=1S/C20H25N3O2/c1-3-23-15-18(13-21-23)19(24)8-6-16-7-9-20(25-2)17(12-16)14-22-10-4-5-11-22/h6-9,12-13,15H,3-5,10-11,14H2,1-2H3/b8-6+. The van der Waals surface area contributed by atoms with Crippen LogP contribution < -0.4 is 4.74 Å². The summed E-state index contributed by atoms with van der Waals surface area (Å²) in [5, 5.41) is 4.14. The molecule has 0 N–H and O–H groups in total. The maximum Gasteiger partial charge on any atom is 0.189 e. The lowest BCUT2D eigenvalue weighted by atomic mass is 10.1. The molecule has 0 bridgehead atoms. The lowest BCUT2D eigenvalue weighted by molar-refractivity contribution is 0.104. The lowest BCUT2D eigenvalue weighted by Crippen LogP contribution is -2.18. The number of methoxy groups -OCH3 is 1. The number of aryl methyl sites for hydroxylation is 1. The summed E-state index contributed by atoms with van der Waals surface area (Å²) in [4.78, 5) is 14.7. The Hall–Kier alpha value is -2.40. The Bertz CT molecular complexity index is 758. The zero-order valence-electron chi connectivity index (χ0n) is 14.9. The third-order valence-corrected chi connectivity index (χ3v) is 4.57. The second kappa shape index (κ2) is 8.12. The molecule has 0 spiro atoms. The predicted octanol–water partition coefficient (Wildman–Crippen LogP) is 3.40. The van der Waals surface area contributed by atoms with E-state index < -0.39 is 0 Å². The average molecular weight is 339 g/mol. The Kier molecular flexibility index (Phi) is 5.66. The van der Waals surface area contributed by atoms with Gasteiger partial charge in [0.25, 0.3) is 0 Å². The Balaban J connectivity index is 1.73. The topological polar surface area (TPSA) is 47.4 Å². The zero-order valence-corrected chi connectivity index (χ0v) is 14.9. The SMILES string of the molecule is CCn1cc(C(=O)/C=C/c2ccc(OC)c(CN3CCCC3)c2)cn1. The van der Waals surface area contributed by atoms with Crippen LogP contribution in [0.15, 0.2) is 36.7 Å². The summed E-state index contributed by atoms with van der Waals surface area (Å²) >= 11 is 0. The van der Waals surface area contributed by atoms with Crippen LogP contribution in [0.2, 0.25) is 0 Å².